The Morgan fingerprint density at radius 2 is 1.72 bits per heavy atom. The Morgan fingerprint density at radius 1 is 1.03 bits per heavy atom. The maximum Gasteiger partial charge on any atom is 0.251 e. The number of nitrogens with one attached hydrogen (secondary N) is 1. The lowest BCUT2D eigenvalue weighted by molar-refractivity contribution is -0.142. The fraction of sp³-hybridized carbons (Fsp3) is 0.667. The second kappa shape index (κ2) is 11.6. The van der Waals surface area contributed by atoms with Gasteiger partial charge in [-0.2, -0.15) is 0 Å². The number of hydrogen-bond acceptors (Lipinski definition) is 5. The van der Waals surface area contributed by atoms with Gasteiger partial charge < -0.3 is 29.3 Å². The van der Waals surface area contributed by atoms with Crippen LogP contribution >= 0.6 is 0 Å². The number of guanidine groups is 1. The van der Waals surface area contributed by atoms with Crippen LogP contribution in [0, 0.1) is 0 Å². The zero-order valence-electron chi connectivity index (χ0n) is 19.1. The molecule has 3 saturated heterocycles. The number of aliphatic imine (C=N–C) groups is 1. The number of carbonyl (C=O) groups excluding carboxylic acids is 1. The van der Waals surface area contributed by atoms with Gasteiger partial charge in [-0.1, -0.05) is 24.3 Å². The van der Waals surface area contributed by atoms with Crippen molar-refractivity contribution in [1.82, 2.24) is 15.1 Å². The zero-order valence-corrected chi connectivity index (χ0v) is 19.1. The van der Waals surface area contributed by atoms with E-state index in [0.717, 1.165) is 57.9 Å². The molecule has 0 radical (unpaired) electrons. The normalized spacial score (nSPS) is 22.9. The van der Waals surface area contributed by atoms with Crippen molar-refractivity contribution in [3.05, 3.63) is 35.4 Å². The molecule has 0 aliphatic carbocycles. The molecule has 8 heteroatoms. The van der Waals surface area contributed by atoms with E-state index >= 15 is 0 Å². The Labute approximate surface area is 190 Å². The number of rotatable bonds is 6. The third-order valence-electron chi connectivity index (χ3n) is 6.44. The van der Waals surface area contributed by atoms with E-state index in [9.17, 15) is 4.79 Å². The number of carbonyl (C=O) groups is 1. The predicted octanol–water partition coefficient (Wildman–Crippen LogP) is 1.78. The lowest BCUT2D eigenvalue weighted by atomic mass is 10.1. The molecule has 3 fully saturated rings. The fourth-order valence-electron chi connectivity index (χ4n) is 4.44. The van der Waals surface area contributed by atoms with E-state index < -0.39 is 0 Å². The van der Waals surface area contributed by atoms with Crippen molar-refractivity contribution in [3.8, 4) is 0 Å². The lowest BCUT2D eigenvalue weighted by Gasteiger charge is -2.37. The monoisotopic (exact) mass is 444 g/mol. The Bertz CT molecular complexity index is 750. The average Bonchev–Trinajstić information content (AvgIpc) is 3.40. The van der Waals surface area contributed by atoms with Gasteiger partial charge in [0, 0.05) is 59.6 Å². The first-order chi connectivity index (χ1) is 15.7. The third kappa shape index (κ3) is 6.21. The van der Waals surface area contributed by atoms with E-state index in [1.165, 1.54) is 11.1 Å². The van der Waals surface area contributed by atoms with Gasteiger partial charge in [0.1, 0.15) is 6.10 Å². The van der Waals surface area contributed by atoms with E-state index in [1.807, 2.05) is 11.9 Å². The highest BCUT2D eigenvalue weighted by Gasteiger charge is 2.30. The molecule has 0 bridgehead atoms. The van der Waals surface area contributed by atoms with Gasteiger partial charge in [-0.15, -0.1) is 0 Å². The summed E-state index contributed by atoms with van der Waals surface area (Å²) in [7, 11) is 1.81. The largest absolute Gasteiger partial charge is 0.381 e. The quantitative estimate of drug-likeness (QED) is 0.533. The summed E-state index contributed by atoms with van der Waals surface area (Å²) in [5.41, 5.74) is 2.39. The molecule has 1 N–H and O–H groups in total. The van der Waals surface area contributed by atoms with Crippen LogP contribution in [0.1, 0.15) is 36.8 Å². The molecule has 1 amide bonds. The van der Waals surface area contributed by atoms with Crippen molar-refractivity contribution in [2.45, 2.75) is 51.0 Å². The van der Waals surface area contributed by atoms with Gasteiger partial charge in [0.25, 0.3) is 5.91 Å². The number of benzene rings is 1. The minimum Gasteiger partial charge on any atom is -0.381 e. The molecule has 0 spiro atoms. The average molecular weight is 445 g/mol. The van der Waals surface area contributed by atoms with Crippen molar-refractivity contribution in [1.29, 1.82) is 0 Å². The zero-order chi connectivity index (χ0) is 22.2. The minimum atomic E-state index is -0.232. The maximum absolute atomic E-state index is 12.5. The van der Waals surface area contributed by atoms with Gasteiger partial charge in [-0.25, -0.2) is 0 Å². The number of amides is 1. The highest BCUT2D eigenvalue weighted by molar-refractivity contribution is 5.82. The van der Waals surface area contributed by atoms with Crippen molar-refractivity contribution in [2.75, 3.05) is 53.0 Å². The molecular formula is C24H36N4O4. The van der Waals surface area contributed by atoms with Crippen LogP contribution in [0.25, 0.3) is 0 Å². The minimum absolute atomic E-state index is 0.144. The van der Waals surface area contributed by atoms with Crippen LogP contribution in [-0.2, 0) is 32.2 Å². The molecular weight excluding hydrogens is 408 g/mol. The van der Waals surface area contributed by atoms with E-state index in [4.69, 9.17) is 14.2 Å². The summed E-state index contributed by atoms with van der Waals surface area (Å²) in [4.78, 5) is 21.1. The predicted molar refractivity (Wildman–Crippen MR) is 122 cm³/mol. The van der Waals surface area contributed by atoms with Crippen molar-refractivity contribution in [3.63, 3.8) is 0 Å². The van der Waals surface area contributed by atoms with Gasteiger partial charge in [0.2, 0.25) is 0 Å². The molecule has 4 rings (SSSR count). The van der Waals surface area contributed by atoms with Crippen LogP contribution in [-0.4, -0.2) is 86.9 Å². The molecule has 8 nitrogen and oxygen atoms in total. The first-order valence-corrected chi connectivity index (χ1v) is 11.9. The van der Waals surface area contributed by atoms with E-state index in [1.54, 1.807) is 0 Å². The molecule has 1 aromatic carbocycles. The van der Waals surface area contributed by atoms with Gasteiger partial charge in [-0.05, 0) is 36.8 Å². The fourth-order valence-corrected chi connectivity index (χ4v) is 4.44. The molecule has 1 unspecified atom stereocenters. The Kier molecular flexibility index (Phi) is 8.36. The van der Waals surface area contributed by atoms with Crippen LogP contribution in [0.5, 0.6) is 0 Å². The Balaban J connectivity index is 1.19. The van der Waals surface area contributed by atoms with Crippen molar-refractivity contribution >= 4 is 11.9 Å². The summed E-state index contributed by atoms with van der Waals surface area (Å²) in [5.74, 6) is 1.02. The van der Waals surface area contributed by atoms with Crippen LogP contribution < -0.4 is 5.32 Å². The topological polar surface area (TPSA) is 75.6 Å². The van der Waals surface area contributed by atoms with Crippen LogP contribution in [0.2, 0.25) is 0 Å². The smallest absolute Gasteiger partial charge is 0.251 e. The summed E-state index contributed by atoms with van der Waals surface area (Å²) >= 11 is 0. The second-order valence-corrected chi connectivity index (χ2v) is 8.65. The molecule has 3 heterocycles. The summed E-state index contributed by atoms with van der Waals surface area (Å²) in [6.07, 6.45) is 3.88. The molecule has 3 aliphatic heterocycles. The first-order valence-electron chi connectivity index (χ1n) is 11.9. The van der Waals surface area contributed by atoms with E-state index in [-0.39, 0.29) is 12.0 Å². The first kappa shape index (κ1) is 23.0. The molecule has 0 aromatic heterocycles. The number of nitrogens with zero attached hydrogens (tertiary/aromatic N) is 3. The van der Waals surface area contributed by atoms with Gasteiger partial charge in [0.15, 0.2) is 5.96 Å². The standard InChI is InChI=1S/C24H36N4O4/c1-25-24(28-12-10-27(11-13-28)23(29)22-3-2-14-31-22)26-17-19-4-6-20(7-5-19)18-32-21-8-15-30-16-9-21/h4-7,21-22H,2-3,8-18H2,1H3,(H,25,26). The summed E-state index contributed by atoms with van der Waals surface area (Å²) in [6.45, 7) is 6.64. The Hall–Kier alpha value is -2.16. The summed E-state index contributed by atoms with van der Waals surface area (Å²) < 4.78 is 16.9. The molecule has 0 saturated carbocycles. The van der Waals surface area contributed by atoms with Crippen LogP contribution in [0.4, 0.5) is 0 Å². The number of ether oxygens (including phenoxy) is 3. The second-order valence-electron chi connectivity index (χ2n) is 8.65. The molecule has 1 aromatic rings. The molecule has 1 atom stereocenters. The lowest BCUT2D eigenvalue weighted by Crippen LogP contribution is -2.55. The molecule has 32 heavy (non-hydrogen) atoms. The molecule has 176 valence electrons. The highest BCUT2D eigenvalue weighted by atomic mass is 16.5. The highest BCUT2D eigenvalue weighted by Crippen LogP contribution is 2.16. The van der Waals surface area contributed by atoms with Crippen LogP contribution in [0.15, 0.2) is 29.3 Å². The molecule has 3 aliphatic rings. The third-order valence-corrected chi connectivity index (χ3v) is 6.44. The van der Waals surface area contributed by atoms with E-state index in [2.05, 4.69) is 39.5 Å². The van der Waals surface area contributed by atoms with E-state index in [0.29, 0.717) is 39.0 Å². The number of piperazine rings is 1. The SMILES string of the molecule is CN=C(NCc1ccc(COC2CCOCC2)cc1)N1CCN(C(=O)C2CCCO2)CC1. The van der Waals surface area contributed by atoms with Gasteiger partial charge in [-0.3, -0.25) is 9.79 Å². The maximum atomic E-state index is 12.5. The summed E-state index contributed by atoms with van der Waals surface area (Å²) in [6, 6.07) is 8.55. The van der Waals surface area contributed by atoms with Gasteiger partial charge in [0.05, 0.1) is 12.7 Å². The van der Waals surface area contributed by atoms with Crippen molar-refractivity contribution in [2.24, 2.45) is 4.99 Å². The van der Waals surface area contributed by atoms with Crippen LogP contribution in [0.3, 0.4) is 0 Å². The van der Waals surface area contributed by atoms with Gasteiger partial charge >= 0.3 is 0 Å². The Morgan fingerprint density at radius 3 is 2.38 bits per heavy atom. The summed E-state index contributed by atoms with van der Waals surface area (Å²) in [5, 5.41) is 3.46. The van der Waals surface area contributed by atoms with Crippen molar-refractivity contribution < 1.29 is 19.0 Å². The number of hydrogen-bond donors (Lipinski definition) is 1.